The summed E-state index contributed by atoms with van der Waals surface area (Å²) in [5.74, 6) is -0.000258. The van der Waals surface area contributed by atoms with E-state index in [2.05, 4.69) is 4.98 Å². The van der Waals surface area contributed by atoms with Crippen molar-refractivity contribution in [1.82, 2.24) is 4.98 Å². The van der Waals surface area contributed by atoms with E-state index in [4.69, 9.17) is 21.1 Å². The first-order valence-electron chi connectivity index (χ1n) is 8.35. The third-order valence-electron chi connectivity index (χ3n) is 3.86. The molecule has 0 saturated carbocycles. The molecule has 0 aliphatic rings. The van der Waals surface area contributed by atoms with Gasteiger partial charge in [0.1, 0.15) is 0 Å². The molecular weight excluding hydrogens is 378 g/mol. The van der Waals surface area contributed by atoms with E-state index >= 15 is 0 Å². The van der Waals surface area contributed by atoms with Gasteiger partial charge >= 0.3 is 5.97 Å². The van der Waals surface area contributed by atoms with Crippen LogP contribution in [0.2, 0.25) is 5.02 Å². The third kappa shape index (κ3) is 4.84. The van der Waals surface area contributed by atoms with E-state index in [1.54, 1.807) is 60.7 Å². The lowest BCUT2D eigenvalue weighted by molar-refractivity contribution is 0.0729. The summed E-state index contributed by atoms with van der Waals surface area (Å²) in [6, 6.07) is 14.8. The van der Waals surface area contributed by atoms with Crippen LogP contribution >= 0.6 is 11.6 Å². The molecule has 3 aromatic rings. The minimum absolute atomic E-state index is 0.149. The number of rotatable bonds is 6. The number of allylic oxidation sites excluding steroid dienone is 1. The molecule has 0 unspecified atom stereocenters. The Morgan fingerprint density at radius 3 is 2.32 bits per heavy atom. The lowest BCUT2D eigenvalue weighted by atomic mass is 10.1. The summed E-state index contributed by atoms with van der Waals surface area (Å²) < 4.78 is 10.7. The smallest absolute Gasteiger partial charge is 0.343 e. The first kappa shape index (κ1) is 19.3. The van der Waals surface area contributed by atoms with Gasteiger partial charge in [0.05, 0.1) is 12.7 Å². The van der Waals surface area contributed by atoms with Crippen LogP contribution in [0.5, 0.6) is 11.5 Å². The largest absolute Gasteiger partial charge is 0.493 e. The monoisotopic (exact) mass is 393 g/mol. The highest BCUT2D eigenvalue weighted by molar-refractivity contribution is 6.30. The summed E-state index contributed by atoms with van der Waals surface area (Å²) in [7, 11) is 1.48. The van der Waals surface area contributed by atoms with E-state index < -0.39 is 5.97 Å². The molecule has 1 aromatic heterocycles. The van der Waals surface area contributed by atoms with Gasteiger partial charge < -0.3 is 9.47 Å². The fourth-order valence-electron chi connectivity index (χ4n) is 2.40. The number of methoxy groups -OCH3 is 1. The Bertz CT molecular complexity index is 1010. The molecule has 0 fully saturated rings. The van der Waals surface area contributed by atoms with Gasteiger partial charge in [0.2, 0.25) is 0 Å². The molecule has 0 spiro atoms. The fourth-order valence-corrected chi connectivity index (χ4v) is 2.53. The first-order valence-corrected chi connectivity index (χ1v) is 8.73. The molecule has 0 aliphatic carbocycles. The second kappa shape index (κ2) is 8.97. The molecular formula is C22H16ClNO4. The zero-order valence-electron chi connectivity index (χ0n) is 15.0. The molecule has 0 N–H and O–H groups in total. The van der Waals surface area contributed by atoms with E-state index in [-0.39, 0.29) is 11.5 Å². The van der Waals surface area contributed by atoms with Crippen LogP contribution in [0.4, 0.5) is 0 Å². The van der Waals surface area contributed by atoms with Gasteiger partial charge in [-0.3, -0.25) is 9.78 Å². The minimum Gasteiger partial charge on any atom is -0.493 e. The number of benzene rings is 2. The van der Waals surface area contributed by atoms with E-state index in [9.17, 15) is 9.59 Å². The summed E-state index contributed by atoms with van der Waals surface area (Å²) in [6.07, 6.45) is 6.15. The Kier molecular flexibility index (Phi) is 6.19. The van der Waals surface area contributed by atoms with Gasteiger partial charge in [0.15, 0.2) is 17.3 Å². The van der Waals surface area contributed by atoms with Gasteiger partial charge in [-0.25, -0.2) is 4.79 Å². The van der Waals surface area contributed by atoms with Crippen molar-refractivity contribution in [3.8, 4) is 11.5 Å². The van der Waals surface area contributed by atoms with Crippen molar-refractivity contribution >= 4 is 29.4 Å². The molecule has 0 atom stereocenters. The lowest BCUT2D eigenvalue weighted by Gasteiger charge is -2.10. The number of ether oxygens (including phenoxy) is 2. The quantitative estimate of drug-likeness (QED) is 0.259. The van der Waals surface area contributed by atoms with Crippen molar-refractivity contribution in [2.24, 2.45) is 0 Å². The van der Waals surface area contributed by atoms with Gasteiger partial charge in [-0.1, -0.05) is 23.7 Å². The minimum atomic E-state index is -0.512. The zero-order chi connectivity index (χ0) is 19.9. The number of carbonyl (C=O) groups is 2. The Morgan fingerprint density at radius 1 is 0.929 bits per heavy atom. The van der Waals surface area contributed by atoms with Crippen molar-refractivity contribution in [2.75, 3.05) is 7.11 Å². The number of pyridine rings is 1. The maximum atomic E-state index is 12.2. The first-order chi connectivity index (χ1) is 13.6. The number of nitrogens with zero attached hydrogens (tertiary/aromatic N) is 1. The van der Waals surface area contributed by atoms with E-state index in [1.165, 1.54) is 25.6 Å². The SMILES string of the molecule is COc1cc(/C=C/C(=O)c2ccc(Cl)cc2)ccc1OC(=O)c1ccncc1. The van der Waals surface area contributed by atoms with Gasteiger partial charge in [0, 0.05) is 23.0 Å². The molecule has 5 nitrogen and oxygen atoms in total. The molecule has 6 heteroatoms. The average molecular weight is 394 g/mol. The lowest BCUT2D eigenvalue weighted by Crippen LogP contribution is -2.09. The third-order valence-corrected chi connectivity index (χ3v) is 4.11. The average Bonchev–Trinajstić information content (AvgIpc) is 2.73. The number of esters is 1. The van der Waals surface area contributed by atoms with Gasteiger partial charge in [-0.2, -0.15) is 0 Å². The second-order valence-electron chi connectivity index (χ2n) is 5.74. The van der Waals surface area contributed by atoms with E-state index in [0.29, 0.717) is 21.9 Å². The van der Waals surface area contributed by atoms with Crippen LogP contribution in [0.15, 0.2) is 73.1 Å². The van der Waals surface area contributed by atoms with Crippen molar-refractivity contribution in [1.29, 1.82) is 0 Å². The standard InChI is InChI=1S/C22H16ClNO4/c1-27-21-14-15(2-8-19(25)16-4-6-18(23)7-5-16)3-9-20(21)28-22(26)17-10-12-24-13-11-17/h2-14H,1H3/b8-2+. The normalized spacial score (nSPS) is 10.6. The van der Waals surface area contributed by atoms with Crippen molar-refractivity contribution in [2.45, 2.75) is 0 Å². The molecule has 3 rings (SSSR count). The molecule has 0 saturated heterocycles. The van der Waals surface area contributed by atoms with Crippen molar-refractivity contribution in [3.63, 3.8) is 0 Å². The number of halogens is 1. The summed E-state index contributed by atoms with van der Waals surface area (Å²) in [6.45, 7) is 0. The number of hydrogen-bond donors (Lipinski definition) is 0. The van der Waals surface area contributed by atoms with Crippen molar-refractivity contribution < 1.29 is 19.1 Å². The van der Waals surface area contributed by atoms with Crippen LogP contribution in [0.3, 0.4) is 0 Å². The second-order valence-corrected chi connectivity index (χ2v) is 6.18. The maximum Gasteiger partial charge on any atom is 0.343 e. The summed E-state index contributed by atoms with van der Waals surface area (Å²) in [4.78, 5) is 28.3. The van der Waals surface area contributed by atoms with E-state index in [1.807, 2.05) is 0 Å². The van der Waals surface area contributed by atoms with Crippen LogP contribution in [0, 0.1) is 0 Å². The molecule has 0 bridgehead atoms. The Hall–Kier alpha value is -3.44. The highest BCUT2D eigenvalue weighted by Crippen LogP contribution is 2.29. The topological polar surface area (TPSA) is 65.5 Å². The predicted molar refractivity (Wildman–Crippen MR) is 107 cm³/mol. The molecule has 28 heavy (non-hydrogen) atoms. The van der Waals surface area contributed by atoms with E-state index in [0.717, 1.165) is 5.56 Å². The predicted octanol–water partition coefficient (Wildman–Crippen LogP) is 4.86. The summed E-state index contributed by atoms with van der Waals surface area (Å²) in [5, 5.41) is 0.571. The Balaban J connectivity index is 1.74. The molecule has 0 amide bonds. The summed E-state index contributed by atoms with van der Waals surface area (Å²) in [5.41, 5.74) is 1.65. The fraction of sp³-hybridized carbons (Fsp3) is 0.0455. The Labute approximate surface area is 167 Å². The number of aromatic nitrogens is 1. The van der Waals surface area contributed by atoms with Gasteiger partial charge in [-0.05, 0) is 60.2 Å². The number of hydrogen-bond acceptors (Lipinski definition) is 5. The molecule has 2 aromatic carbocycles. The van der Waals surface area contributed by atoms with Gasteiger partial charge in [0.25, 0.3) is 0 Å². The van der Waals surface area contributed by atoms with Crippen LogP contribution < -0.4 is 9.47 Å². The molecule has 140 valence electrons. The van der Waals surface area contributed by atoms with Crippen LogP contribution in [0.1, 0.15) is 26.3 Å². The van der Waals surface area contributed by atoms with Crippen LogP contribution in [-0.2, 0) is 0 Å². The highest BCUT2D eigenvalue weighted by Gasteiger charge is 2.12. The molecule has 0 aliphatic heterocycles. The Morgan fingerprint density at radius 2 is 1.64 bits per heavy atom. The number of ketones is 1. The highest BCUT2D eigenvalue weighted by atomic mass is 35.5. The van der Waals surface area contributed by atoms with Gasteiger partial charge in [-0.15, -0.1) is 0 Å². The van der Waals surface area contributed by atoms with Crippen molar-refractivity contribution in [3.05, 3.63) is 94.8 Å². The summed E-state index contributed by atoms with van der Waals surface area (Å²) >= 11 is 5.83. The number of carbonyl (C=O) groups excluding carboxylic acids is 2. The molecule has 1 heterocycles. The maximum absolute atomic E-state index is 12.2. The van der Waals surface area contributed by atoms with Crippen LogP contribution in [0.25, 0.3) is 6.08 Å². The molecule has 0 radical (unpaired) electrons. The zero-order valence-corrected chi connectivity index (χ0v) is 15.7. The van der Waals surface area contributed by atoms with Crippen LogP contribution in [-0.4, -0.2) is 23.8 Å².